The Labute approximate surface area is 157 Å². The van der Waals surface area contributed by atoms with Crippen molar-refractivity contribution in [1.82, 2.24) is 10.6 Å². The van der Waals surface area contributed by atoms with Crippen LogP contribution in [0.15, 0.2) is 24.3 Å². The van der Waals surface area contributed by atoms with Gasteiger partial charge in [-0.05, 0) is 51.0 Å². The molecule has 0 aromatic heterocycles. The molecule has 0 radical (unpaired) electrons. The van der Waals surface area contributed by atoms with Crippen LogP contribution in [0.5, 0.6) is 0 Å². The number of hydrogen-bond donors (Lipinski definition) is 2. The second kappa shape index (κ2) is 9.20. The number of carbonyl (C=O) groups excluding carboxylic acids is 2. The molecule has 2 amide bonds. The average molecular weight is 357 g/mol. The first kappa shape index (κ1) is 18.9. The molecule has 2 N–H and O–H groups in total. The number of nitrogens with one attached hydrogen (secondary N) is 2. The van der Waals surface area contributed by atoms with Crippen molar-refractivity contribution in [2.75, 3.05) is 0 Å². The summed E-state index contributed by atoms with van der Waals surface area (Å²) >= 11 is 0. The van der Waals surface area contributed by atoms with Crippen LogP contribution in [0.3, 0.4) is 0 Å². The van der Waals surface area contributed by atoms with E-state index in [4.69, 9.17) is 0 Å². The first-order valence-corrected chi connectivity index (χ1v) is 10.3. The molecule has 4 heteroatoms. The van der Waals surface area contributed by atoms with E-state index in [1.54, 1.807) is 0 Å². The monoisotopic (exact) mass is 356 g/mol. The molecule has 0 saturated heterocycles. The Morgan fingerprint density at radius 1 is 0.846 bits per heavy atom. The Bertz CT molecular complexity index is 597. The summed E-state index contributed by atoms with van der Waals surface area (Å²) < 4.78 is 0. The molecule has 26 heavy (non-hydrogen) atoms. The molecule has 0 atom stereocenters. The van der Waals surface area contributed by atoms with Crippen molar-refractivity contribution in [2.24, 2.45) is 11.8 Å². The molecule has 0 aliphatic heterocycles. The Morgan fingerprint density at radius 2 is 1.42 bits per heavy atom. The molecule has 0 bridgehead atoms. The minimum atomic E-state index is 0.0548. The molecule has 0 unspecified atom stereocenters. The molecule has 142 valence electrons. The lowest BCUT2D eigenvalue weighted by Gasteiger charge is -2.29. The molecule has 1 aromatic rings. The maximum absolute atomic E-state index is 12.5. The summed E-state index contributed by atoms with van der Waals surface area (Å²) in [6.45, 7) is 2.65. The zero-order chi connectivity index (χ0) is 18.4. The van der Waals surface area contributed by atoms with E-state index in [0.717, 1.165) is 44.1 Å². The third-order valence-electron chi connectivity index (χ3n) is 6.01. The first-order chi connectivity index (χ1) is 12.6. The van der Waals surface area contributed by atoms with Crippen molar-refractivity contribution in [3.05, 3.63) is 35.4 Å². The van der Waals surface area contributed by atoms with E-state index in [9.17, 15) is 9.59 Å². The topological polar surface area (TPSA) is 58.2 Å². The van der Waals surface area contributed by atoms with E-state index in [0.29, 0.717) is 12.6 Å². The number of amides is 2. The van der Waals surface area contributed by atoms with E-state index in [1.807, 2.05) is 0 Å². The Balaban J connectivity index is 1.39. The third kappa shape index (κ3) is 5.33. The van der Waals surface area contributed by atoms with Gasteiger partial charge in [0.15, 0.2) is 0 Å². The number of benzene rings is 1. The standard InChI is InChI=1S/C22H32N2O2/c1-16-7-9-17(10-8-16)15-23-21(25)18-11-13-19(14-12-18)22(26)24-20-5-3-2-4-6-20/h7-10,18-20H,2-6,11-15H2,1H3,(H,23,25)(H,24,26). The molecule has 2 aliphatic carbocycles. The van der Waals surface area contributed by atoms with Crippen molar-refractivity contribution in [2.45, 2.75) is 77.3 Å². The largest absolute Gasteiger partial charge is 0.353 e. The van der Waals surface area contributed by atoms with E-state index < -0.39 is 0 Å². The fourth-order valence-electron chi connectivity index (χ4n) is 4.22. The molecule has 4 nitrogen and oxygen atoms in total. The Morgan fingerprint density at radius 3 is 2.04 bits per heavy atom. The van der Waals surface area contributed by atoms with Gasteiger partial charge in [0.25, 0.3) is 0 Å². The summed E-state index contributed by atoms with van der Waals surface area (Å²) in [5.41, 5.74) is 2.36. The van der Waals surface area contributed by atoms with Crippen molar-refractivity contribution in [3.8, 4) is 0 Å². The minimum Gasteiger partial charge on any atom is -0.353 e. The molecule has 2 aliphatic rings. The summed E-state index contributed by atoms with van der Waals surface area (Å²) in [7, 11) is 0. The fourth-order valence-corrected chi connectivity index (χ4v) is 4.22. The third-order valence-corrected chi connectivity index (χ3v) is 6.01. The van der Waals surface area contributed by atoms with Gasteiger partial charge in [0, 0.05) is 24.4 Å². The highest BCUT2D eigenvalue weighted by Gasteiger charge is 2.30. The van der Waals surface area contributed by atoms with Gasteiger partial charge in [-0.15, -0.1) is 0 Å². The molecule has 1 aromatic carbocycles. The SMILES string of the molecule is Cc1ccc(CNC(=O)C2CCC(C(=O)NC3CCCCC3)CC2)cc1. The zero-order valence-corrected chi connectivity index (χ0v) is 15.9. The second-order valence-electron chi connectivity index (χ2n) is 8.10. The maximum atomic E-state index is 12.5. The summed E-state index contributed by atoms with van der Waals surface area (Å²) in [4.78, 5) is 24.9. The first-order valence-electron chi connectivity index (χ1n) is 10.3. The van der Waals surface area contributed by atoms with Crippen molar-refractivity contribution >= 4 is 11.8 Å². The van der Waals surface area contributed by atoms with Gasteiger partial charge in [-0.2, -0.15) is 0 Å². The molecule has 0 heterocycles. The van der Waals surface area contributed by atoms with Gasteiger partial charge in [-0.3, -0.25) is 9.59 Å². The number of carbonyl (C=O) groups is 2. The van der Waals surface area contributed by atoms with Crippen molar-refractivity contribution in [3.63, 3.8) is 0 Å². The summed E-state index contributed by atoms with van der Waals surface area (Å²) in [5, 5.41) is 6.30. The average Bonchev–Trinajstić information content (AvgIpc) is 2.68. The maximum Gasteiger partial charge on any atom is 0.223 e. The highest BCUT2D eigenvalue weighted by Crippen LogP contribution is 2.29. The highest BCUT2D eigenvalue weighted by atomic mass is 16.2. The van der Waals surface area contributed by atoms with Crippen LogP contribution in [-0.4, -0.2) is 17.9 Å². The van der Waals surface area contributed by atoms with Gasteiger partial charge in [-0.25, -0.2) is 0 Å². The van der Waals surface area contributed by atoms with Crippen LogP contribution in [0, 0.1) is 18.8 Å². The van der Waals surface area contributed by atoms with Crippen molar-refractivity contribution in [1.29, 1.82) is 0 Å². The van der Waals surface area contributed by atoms with Crippen LogP contribution in [0.4, 0.5) is 0 Å². The summed E-state index contributed by atoms with van der Waals surface area (Å²) in [6.07, 6.45) is 9.34. The smallest absolute Gasteiger partial charge is 0.223 e. The molecule has 3 rings (SSSR count). The van der Waals surface area contributed by atoms with Crippen LogP contribution in [-0.2, 0) is 16.1 Å². The lowest BCUT2D eigenvalue weighted by atomic mass is 9.81. The predicted molar refractivity (Wildman–Crippen MR) is 103 cm³/mol. The van der Waals surface area contributed by atoms with E-state index in [1.165, 1.54) is 24.8 Å². The quantitative estimate of drug-likeness (QED) is 0.841. The molecule has 2 saturated carbocycles. The van der Waals surface area contributed by atoms with Gasteiger partial charge in [0.05, 0.1) is 0 Å². The van der Waals surface area contributed by atoms with E-state index in [2.05, 4.69) is 41.8 Å². The Kier molecular flexibility index (Phi) is 6.70. The summed E-state index contributed by atoms with van der Waals surface area (Å²) in [5.74, 6) is 0.504. The molecular formula is C22H32N2O2. The molecular weight excluding hydrogens is 324 g/mol. The second-order valence-corrected chi connectivity index (χ2v) is 8.10. The van der Waals surface area contributed by atoms with Crippen molar-refractivity contribution < 1.29 is 9.59 Å². The predicted octanol–water partition coefficient (Wildman–Crippen LogP) is 3.87. The number of rotatable bonds is 5. The van der Waals surface area contributed by atoms with Crippen LogP contribution >= 0.6 is 0 Å². The number of hydrogen-bond acceptors (Lipinski definition) is 2. The van der Waals surface area contributed by atoms with Gasteiger partial charge in [0.2, 0.25) is 11.8 Å². The van der Waals surface area contributed by atoms with Crippen LogP contribution in [0.25, 0.3) is 0 Å². The van der Waals surface area contributed by atoms with Crippen LogP contribution < -0.4 is 10.6 Å². The van der Waals surface area contributed by atoms with E-state index >= 15 is 0 Å². The highest BCUT2D eigenvalue weighted by molar-refractivity contribution is 5.81. The lowest BCUT2D eigenvalue weighted by Crippen LogP contribution is -2.42. The summed E-state index contributed by atoms with van der Waals surface area (Å²) in [6, 6.07) is 8.63. The zero-order valence-electron chi connectivity index (χ0n) is 15.9. The number of aryl methyl sites for hydroxylation is 1. The minimum absolute atomic E-state index is 0.0548. The fraction of sp³-hybridized carbons (Fsp3) is 0.636. The Hall–Kier alpha value is -1.84. The van der Waals surface area contributed by atoms with E-state index in [-0.39, 0.29) is 23.7 Å². The molecule has 2 fully saturated rings. The molecule has 0 spiro atoms. The van der Waals surface area contributed by atoms with Gasteiger partial charge in [0.1, 0.15) is 0 Å². The van der Waals surface area contributed by atoms with Gasteiger partial charge >= 0.3 is 0 Å². The van der Waals surface area contributed by atoms with Gasteiger partial charge < -0.3 is 10.6 Å². The van der Waals surface area contributed by atoms with Crippen LogP contribution in [0.1, 0.15) is 68.9 Å². The lowest BCUT2D eigenvalue weighted by molar-refractivity contribution is -0.131. The van der Waals surface area contributed by atoms with Gasteiger partial charge in [-0.1, -0.05) is 49.1 Å². The normalized spacial score (nSPS) is 24.0. The van der Waals surface area contributed by atoms with Crippen LogP contribution in [0.2, 0.25) is 0 Å².